The Morgan fingerprint density at radius 1 is 1.20 bits per heavy atom. The number of aliphatic hydroxyl groups is 2. The third-order valence-corrected chi connectivity index (χ3v) is 10.2. The minimum absolute atomic E-state index is 0.0122. The van der Waals surface area contributed by atoms with Gasteiger partial charge >= 0.3 is 0 Å². The topological polar surface area (TPSA) is 151 Å². The zero-order valence-corrected chi connectivity index (χ0v) is 25.3. The number of nitrogens with zero attached hydrogens (tertiary/aromatic N) is 1. The molecule has 3 fully saturated rings. The quantitative estimate of drug-likeness (QED) is 0.133. The lowest BCUT2D eigenvalue weighted by atomic mass is 9.68. The van der Waals surface area contributed by atoms with Crippen LogP contribution in [0.25, 0.3) is 0 Å². The maximum atomic E-state index is 12.0. The Morgan fingerprint density at radius 2 is 1.98 bits per heavy atom. The summed E-state index contributed by atoms with van der Waals surface area (Å²) in [4.78, 5) is 3.98. The van der Waals surface area contributed by atoms with E-state index in [1.807, 2.05) is 0 Å². The number of hydrogen-bond donors (Lipinski definition) is 4. The van der Waals surface area contributed by atoms with E-state index >= 15 is 0 Å². The number of aliphatic imine (C=N–C) groups is 1. The molecule has 0 spiro atoms. The molecule has 232 valence electrons. The molecule has 0 amide bonds. The highest BCUT2D eigenvalue weighted by Crippen LogP contribution is 2.56. The van der Waals surface area contributed by atoms with Crippen molar-refractivity contribution in [2.75, 3.05) is 33.5 Å². The Morgan fingerprint density at radius 3 is 2.68 bits per heavy atom. The van der Waals surface area contributed by atoms with Crippen LogP contribution in [0.15, 0.2) is 27.8 Å². The van der Waals surface area contributed by atoms with E-state index in [1.165, 1.54) is 11.1 Å². The molecule has 2 unspecified atom stereocenters. The van der Waals surface area contributed by atoms with E-state index in [1.54, 1.807) is 7.11 Å². The Hall–Kier alpha value is -1.53. The smallest absolute Gasteiger partial charge is 0.185 e. The van der Waals surface area contributed by atoms with E-state index in [2.05, 4.69) is 38.8 Å². The van der Waals surface area contributed by atoms with Crippen LogP contribution >= 0.6 is 0 Å². The van der Waals surface area contributed by atoms with Crippen LogP contribution in [0.1, 0.15) is 59.8 Å². The molecule has 1 saturated carbocycles. The van der Waals surface area contributed by atoms with E-state index in [4.69, 9.17) is 35.2 Å². The first-order chi connectivity index (χ1) is 19.6. The zero-order chi connectivity index (χ0) is 29.5. The zero-order valence-electron chi connectivity index (χ0n) is 25.3. The van der Waals surface area contributed by atoms with Crippen molar-refractivity contribution in [2.24, 2.45) is 51.5 Å². The minimum Gasteiger partial charge on any atom is -0.390 e. The normalized spacial score (nSPS) is 43.4. The molecular formula is C31H51N3O7. The minimum atomic E-state index is -0.947. The number of aliphatic hydroxyl groups excluding tert-OH is 2. The van der Waals surface area contributed by atoms with Gasteiger partial charge in [0.15, 0.2) is 18.5 Å². The third kappa shape index (κ3) is 5.98. The van der Waals surface area contributed by atoms with Gasteiger partial charge < -0.3 is 45.4 Å². The number of hydrogen-bond acceptors (Lipinski definition) is 8. The average Bonchev–Trinajstić information content (AvgIpc) is 3.66. The fraction of sp³-hybridized carbons (Fsp3) is 0.839. The summed E-state index contributed by atoms with van der Waals surface area (Å²) < 4.78 is 30.4. The third-order valence-electron chi connectivity index (χ3n) is 10.2. The number of rotatable bonds is 10. The molecule has 41 heavy (non-hydrogen) atoms. The van der Waals surface area contributed by atoms with Gasteiger partial charge in [0.2, 0.25) is 0 Å². The molecule has 2 heterocycles. The Bertz CT molecular complexity index is 1030. The van der Waals surface area contributed by atoms with Crippen LogP contribution in [0, 0.1) is 35.0 Å². The molecule has 0 aromatic heterocycles. The monoisotopic (exact) mass is 577 g/mol. The molecule has 10 nitrogen and oxygen atoms in total. The fourth-order valence-electron chi connectivity index (χ4n) is 8.10. The van der Waals surface area contributed by atoms with E-state index in [0.717, 1.165) is 31.3 Å². The lowest BCUT2D eigenvalue weighted by molar-refractivity contribution is -0.224. The first kappa shape index (κ1) is 30.9. The first-order valence-corrected chi connectivity index (χ1v) is 15.5. The van der Waals surface area contributed by atoms with E-state index in [9.17, 15) is 10.2 Å². The van der Waals surface area contributed by atoms with Crippen molar-refractivity contribution < 1.29 is 33.9 Å². The van der Waals surface area contributed by atoms with Crippen LogP contribution in [0.3, 0.4) is 0 Å². The number of fused-ring (bicyclic) bond motifs is 3. The average molecular weight is 578 g/mol. The lowest BCUT2D eigenvalue weighted by Gasteiger charge is -2.43. The molecule has 0 radical (unpaired) electrons. The van der Waals surface area contributed by atoms with Crippen LogP contribution in [0.4, 0.5) is 0 Å². The molecule has 2 aliphatic heterocycles. The Balaban J connectivity index is 1.38. The van der Waals surface area contributed by atoms with Crippen molar-refractivity contribution >= 4 is 5.96 Å². The summed E-state index contributed by atoms with van der Waals surface area (Å²) in [6.07, 6.45) is 3.09. The van der Waals surface area contributed by atoms with Crippen LogP contribution < -0.4 is 11.5 Å². The van der Waals surface area contributed by atoms with Crippen molar-refractivity contribution in [3.8, 4) is 0 Å². The number of methoxy groups -OCH3 is 1. The van der Waals surface area contributed by atoms with E-state index < -0.39 is 30.9 Å². The maximum Gasteiger partial charge on any atom is 0.185 e. The van der Waals surface area contributed by atoms with Gasteiger partial charge in [0.1, 0.15) is 12.2 Å². The number of ether oxygens (including phenoxy) is 5. The Kier molecular flexibility index (Phi) is 9.50. The molecule has 0 aromatic rings. The predicted molar refractivity (Wildman–Crippen MR) is 155 cm³/mol. The standard InChI is InChI=1S/C31H51N3O7/c1-16(2)19-9-10-31(4)13-21-18(14-37-5)7-8-20(21)17(3)25(35)27(24(19)31)41-29-26(36)23-22(40-29)15-39-28(23)38-12-6-11-34-30(32)33/h13,16-18,20,22-23,25-29,35-36H,6-12,14-15H2,1-5H3,(H4,32,33,34)/b21-13-/t17-,18-,20+,22-,23?,25-,26?,27-,28-,29-,31-/m1/s1. The van der Waals surface area contributed by atoms with Gasteiger partial charge in [-0.1, -0.05) is 44.9 Å². The molecule has 5 aliphatic rings. The second-order valence-electron chi connectivity index (χ2n) is 13.2. The highest BCUT2D eigenvalue weighted by atomic mass is 16.7. The van der Waals surface area contributed by atoms with Crippen molar-refractivity contribution in [2.45, 2.75) is 96.8 Å². The van der Waals surface area contributed by atoms with Crippen molar-refractivity contribution in [3.63, 3.8) is 0 Å². The van der Waals surface area contributed by atoms with Gasteiger partial charge in [-0.2, -0.15) is 0 Å². The molecule has 0 aromatic carbocycles. The van der Waals surface area contributed by atoms with E-state index in [-0.39, 0.29) is 35.2 Å². The summed E-state index contributed by atoms with van der Waals surface area (Å²) >= 11 is 0. The van der Waals surface area contributed by atoms with Gasteiger partial charge in [0.05, 0.1) is 37.9 Å². The van der Waals surface area contributed by atoms with Gasteiger partial charge in [-0.3, -0.25) is 4.99 Å². The molecule has 10 heteroatoms. The molecule has 2 saturated heterocycles. The number of allylic oxidation sites excluding steroid dienone is 2. The Labute approximate surface area is 244 Å². The SMILES string of the molecule is COC[C@H]1CC[C@@H]2/C1=C\[C@@]1(C)CCC(C(C)C)=C1[C@@H](O[C@H]1O[C@@H]3CO[C@@H](OCCCN=C(N)N)C3C1O)[C@H](O)[C@@H]2C. The summed E-state index contributed by atoms with van der Waals surface area (Å²) in [7, 11) is 1.77. The highest BCUT2D eigenvalue weighted by molar-refractivity contribution is 5.75. The van der Waals surface area contributed by atoms with Gasteiger partial charge in [-0.15, -0.1) is 0 Å². The summed E-state index contributed by atoms with van der Waals surface area (Å²) in [5, 5.41) is 23.5. The van der Waals surface area contributed by atoms with E-state index in [0.29, 0.717) is 44.6 Å². The lowest BCUT2D eigenvalue weighted by Crippen LogP contribution is -2.47. The van der Waals surface area contributed by atoms with Gasteiger partial charge in [0, 0.05) is 25.0 Å². The highest BCUT2D eigenvalue weighted by Gasteiger charge is 2.56. The van der Waals surface area contributed by atoms with Gasteiger partial charge in [0.25, 0.3) is 0 Å². The maximum absolute atomic E-state index is 12.0. The van der Waals surface area contributed by atoms with Crippen molar-refractivity contribution in [3.05, 3.63) is 22.8 Å². The molecule has 5 rings (SSSR count). The van der Waals surface area contributed by atoms with Gasteiger partial charge in [-0.25, -0.2) is 0 Å². The predicted octanol–water partition coefficient (Wildman–Crippen LogP) is 2.47. The summed E-state index contributed by atoms with van der Waals surface area (Å²) in [5.41, 5.74) is 14.5. The number of nitrogens with two attached hydrogens (primary N) is 2. The number of guanidine groups is 1. The molecular weight excluding hydrogens is 526 g/mol. The molecule has 11 atom stereocenters. The molecule has 3 aliphatic carbocycles. The van der Waals surface area contributed by atoms with Crippen molar-refractivity contribution in [1.82, 2.24) is 0 Å². The molecule has 0 bridgehead atoms. The van der Waals surface area contributed by atoms with Crippen LogP contribution in [-0.2, 0) is 23.7 Å². The van der Waals surface area contributed by atoms with Crippen LogP contribution in [0.2, 0.25) is 0 Å². The summed E-state index contributed by atoms with van der Waals surface area (Å²) in [6, 6.07) is 0. The van der Waals surface area contributed by atoms with Crippen molar-refractivity contribution in [1.29, 1.82) is 0 Å². The first-order valence-electron chi connectivity index (χ1n) is 15.5. The molecule has 6 N–H and O–H groups in total. The fourth-order valence-corrected chi connectivity index (χ4v) is 8.10. The summed E-state index contributed by atoms with van der Waals surface area (Å²) in [5.74, 6) is 0.644. The second kappa shape index (κ2) is 12.6. The second-order valence-corrected chi connectivity index (χ2v) is 13.2. The summed E-state index contributed by atoms with van der Waals surface area (Å²) in [6.45, 7) is 10.8. The van der Waals surface area contributed by atoms with Crippen LogP contribution in [-0.4, -0.2) is 86.6 Å². The van der Waals surface area contributed by atoms with Gasteiger partial charge in [-0.05, 0) is 55.4 Å². The van der Waals surface area contributed by atoms with Crippen LogP contribution in [0.5, 0.6) is 0 Å². The largest absolute Gasteiger partial charge is 0.390 e.